The zero-order chi connectivity index (χ0) is 14.9. The number of hydrogen-bond acceptors (Lipinski definition) is 3. The molecule has 7 heteroatoms. The minimum atomic E-state index is -0.756. The molecule has 0 saturated carbocycles. The smallest absolute Gasteiger partial charge is 0.312 e. The van der Waals surface area contributed by atoms with Gasteiger partial charge >= 0.3 is 11.1 Å². The molecular weight excluding hydrogens is 303 g/mol. The quantitative estimate of drug-likeness (QED) is 0.640. The summed E-state index contributed by atoms with van der Waals surface area (Å²) >= 11 is 11.7. The summed E-state index contributed by atoms with van der Waals surface area (Å²) in [5.41, 5.74) is -1.19. The molecule has 0 N–H and O–H groups in total. The van der Waals surface area contributed by atoms with Crippen LogP contribution >= 0.6 is 23.2 Å². The molecule has 1 aromatic carbocycles. The Labute approximate surface area is 124 Å². The van der Waals surface area contributed by atoms with Gasteiger partial charge in [-0.15, -0.1) is 0 Å². The Hall–Kier alpha value is -1.85. The average Bonchev–Trinajstić information content (AvgIpc) is 2.39. The highest BCUT2D eigenvalue weighted by atomic mass is 35.5. The van der Waals surface area contributed by atoms with Crippen molar-refractivity contribution in [3.05, 3.63) is 66.9 Å². The van der Waals surface area contributed by atoms with Gasteiger partial charge in [-0.05, 0) is 18.2 Å². The minimum Gasteiger partial charge on any atom is -0.312 e. The maximum atomic E-state index is 12.1. The van der Waals surface area contributed by atoms with Crippen molar-refractivity contribution in [1.82, 2.24) is 9.13 Å². The van der Waals surface area contributed by atoms with E-state index in [0.29, 0.717) is 5.02 Å². The first kappa shape index (κ1) is 14.6. The molecule has 2 aromatic rings. The number of benzene rings is 1. The summed E-state index contributed by atoms with van der Waals surface area (Å²) in [5, 5.41) is 0.622. The molecule has 0 saturated heterocycles. The van der Waals surface area contributed by atoms with E-state index in [0.717, 1.165) is 9.13 Å². The second kappa shape index (κ2) is 5.64. The van der Waals surface area contributed by atoms with E-state index in [1.54, 1.807) is 0 Å². The first-order valence-electron chi connectivity index (χ1n) is 5.64. The SMILES string of the molecule is Cn1ccn(CC(=O)c2ccc(Cl)cc2Cl)c(=O)c1=O. The number of aromatic nitrogens is 2. The van der Waals surface area contributed by atoms with Crippen molar-refractivity contribution in [1.29, 1.82) is 0 Å². The van der Waals surface area contributed by atoms with Gasteiger partial charge in [-0.1, -0.05) is 23.2 Å². The van der Waals surface area contributed by atoms with Crippen molar-refractivity contribution >= 4 is 29.0 Å². The second-order valence-corrected chi connectivity index (χ2v) is 5.04. The van der Waals surface area contributed by atoms with Crippen molar-refractivity contribution in [2.24, 2.45) is 7.05 Å². The molecule has 104 valence electrons. The highest BCUT2D eigenvalue weighted by Crippen LogP contribution is 2.21. The largest absolute Gasteiger partial charge is 0.316 e. The molecule has 0 atom stereocenters. The van der Waals surface area contributed by atoms with Crippen LogP contribution in [0.4, 0.5) is 0 Å². The van der Waals surface area contributed by atoms with E-state index in [1.165, 1.54) is 37.6 Å². The van der Waals surface area contributed by atoms with E-state index in [-0.39, 0.29) is 22.9 Å². The average molecular weight is 313 g/mol. The van der Waals surface area contributed by atoms with Crippen molar-refractivity contribution < 1.29 is 4.79 Å². The number of hydrogen-bond donors (Lipinski definition) is 0. The van der Waals surface area contributed by atoms with Gasteiger partial charge in [-0.25, -0.2) is 0 Å². The normalized spacial score (nSPS) is 10.6. The Bertz CT molecular complexity index is 793. The second-order valence-electron chi connectivity index (χ2n) is 4.19. The maximum absolute atomic E-state index is 12.1. The summed E-state index contributed by atoms with van der Waals surface area (Å²) in [6.07, 6.45) is 2.80. The van der Waals surface area contributed by atoms with Crippen LogP contribution in [-0.2, 0) is 13.6 Å². The first-order chi connectivity index (χ1) is 9.40. The monoisotopic (exact) mass is 312 g/mol. The zero-order valence-corrected chi connectivity index (χ0v) is 12.0. The fourth-order valence-corrected chi connectivity index (χ4v) is 2.18. The van der Waals surface area contributed by atoms with Gasteiger partial charge in [0.2, 0.25) is 0 Å². The lowest BCUT2D eigenvalue weighted by Crippen LogP contribution is -2.40. The molecule has 20 heavy (non-hydrogen) atoms. The molecule has 0 amide bonds. The summed E-state index contributed by atoms with van der Waals surface area (Å²) in [6.45, 7) is -0.254. The number of carbonyl (C=O) groups is 1. The van der Waals surface area contributed by atoms with E-state index < -0.39 is 11.1 Å². The first-order valence-corrected chi connectivity index (χ1v) is 6.40. The Morgan fingerprint density at radius 1 is 1.15 bits per heavy atom. The van der Waals surface area contributed by atoms with Gasteiger partial charge in [0, 0.05) is 30.0 Å². The number of rotatable bonds is 3. The lowest BCUT2D eigenvalue weighted by Gasteiger charge is -2.07. The molecule has 1 aromatic heterocycles. The van der Waals surface area contributed by atoms with Gasteiger partial charge in [0.25, 0.3) is 0 Å². The molecular formula is C13H10Cl2N2O3. The Morgan fingerprint density at radius 2 is 1.85 bits per heavy atom. The van der Waals surface area contributed by atoms with E-state index in [4.69, 9.17) is 23.2 Å². The van der Waals surface area contributed by atoms with Gasteiger partial charge in [0.05, 0.1) is 11.6 Å². The van der Waals surface area contributed by atoms with Crippen LogP contribution in [0, 0.1) is 0 Å². The predicted octanol–water partition coefficient (Wildman–Crippen LogP) is 1.74. The van der Waals surface area contributed by atoms with Crippen molar-refractivity contribution in [3.63, 3.8) is 0 Å². The molecule has 0 unspecified atom stereocenters. The van der Waals surface area contributed by atoms with Gasteiger partial charge in [0.15, 0.2) is 5.78 Å². The van der Waals surface area contributed by atoms with Crippen molar-refractivity contribution in [2.45, 2.75) is 6.54 Å². The molecule has 0 aliphatic heterocycles. The third-order valence-electron chi connectivity index (χ3n) is 2.78. The number of carbonyl (C=O) groups excluding carboxylic acids is 1. The standard InChI is InChI=1S/C13H10Cl2N2O3/c1-16-4-5-17(13(20)12(16)19)7-11(18)9-3-2-8(14)6-10(9)15/h2-6H,7H2,1H3. The number of aryl methyl sites for hydroxylation is 1. The molecule has 5 nitrogen and oxygen atoms in total. The number of ketones is 1. The van der Waals surface area contributed by atoms with Crippen LogP contribution in [-0.4, -0.2) is 14.9 Å². The third-order valence-corrected chi connectivity index (χ3v) is 3.33. The summed E-state index contributed by atoms with van der Waals surface area (Å²) in [5.74, 6) is -0.373. The van der Waals surface area contributed by atoms with E-state index in [1.807, 2.05) is 0 Å². The minimum absolute atomic E-state index is 0.208. The molecule has 0 bridgehead atoms. The summed E-state index contributed by atoms with van der Waals surface area (Å²) in [6, 6.07) is 4.47. The summed E-state index contributed by atoms with van der Waals surface area (Å²) < 4.78 is 2.20. The van der Waals surface area contributed by atoms with Gasteiger partial charge in [-0.2, -0.15) is 0 Å². The maximum Gasteiger partial charge on any atom is 0.316 e. The Kier molecular flexibility index (Phi) is 4.11. The lowest BCUT2D eigenvalue weighted by molar-refractivity contribution is 0.0970. The predicted molar refractivity (Wildman–Crippen MR) is 76.7 cm³/mol. The summed E-state index contributed by atoms with van der Waals surface area (Å²) in [4.78, 5) is 35.3. The molecule has 0 aliphatic carbocycles. The van der Waals surface area contributed by atoms with Crippen LogP contribution in [0.5, 0.6) is 0 Å². The molecule has 1 heterocycles. The number of Topliss-reactive ketones (excluding diaryl/α,β-unsaturated/α-hetero) is 1. The zero-order valence-electron chi connectivity index (χ0n) is 10.5. The fourth-order valence-electron chi connectivity index (χ4n) is 1.67. The van der Waals surface area contributed by atoms with Crippen LogP contribution < -0.4 is 11.1 Å². The highest BCUT2D eigenvalue weighted by molar-refractivity contribution is 6.36. The Morgan fingerprint density at radius 3 is 2.50 bits per heavy atom. The van der Waals surface area contributed by atoms with Crippen LogP contribution in [0.25, 0.3) is 0 Å². The van der Waals surface area contributed by atoms with Crippen molar-refractivity contribution in [3.8, 4) is 0 Å². The topological polar surface area (TPSA) is 61.1 Å². The summed E-state index contributed by atoms with van der Waals surface area (Å²) in [7, 11) is 1.46. The van der Waals surface area contributed by atoms with Gasteiger partial charge in [-0.3, -0.25) is 14.4 Å². The Balaban J connectivity index is 2.35. The molecule has 2 rings (SSSR count). The van der Waals surface area contributed by atoms with E-state index >= 15 is 0 Å². The number of nitrogens with zero attached hydrogens (tertiary/aromatic N) is 2. The fraction of sp³-hybridized carbons (Fsp3) is 0.154. The lowest BCUT2D eigenvalue weighted by atomic mass is 10.1. The van der Waals surface area contributed by atoms with Crippen LogP contribution in [0.15, 0.2) is 40.2 Å². The molecule has 0 fully saturated rings. The van der Waals surface area contributed by atoms with Crippen molar-refractivity contribution in [2.75, 3.05) is 0 Å². The highest BCUT2D eigenvalue weighted by Gasteiger charge is 2.13. The molecule has 0 spiro atoms. The molecule has 0 radical (unpaired) electrons. The molecule has 0 aliphatic rings. The van der Waals surface area contributed by atoms with Gasteiger partial charge in [0.1, 0.15) is 0 Å². The third kappa shape index (κ3) is 2.84. The van der Waals surface area contributed by atoms with E-state index in [9.17, 15) is 14.4 Å². The van der Waals surface area contributed by atoms with Gasteiger partial charge < -0.3 is 9.13 Å². The van der Waals surface area contributed by atoms with Crippen LogP contribution in [0.1, 0.15) is 10.4 Å². The van der Waals surface area contributed by atoms with E-state index in [2.05, 4.69) is 0 Å². The number of halogens is 2. The van der Waals surface area contributed by atoms with Crippen LogP contribution in [0.2, 0.25) is 10.0 Å². The van der Waals surface area contributed by atoms with Crippen LogP contribution in [0.3, 0.4) is 0 Å².